The summed E-state index contributed by atoms with van der Waals surface area (Å²) in [6.07, 6.45) is 1.63. The van der Waals surface area contributed by atoms with Crippen LogP contribution in [0.3, 0.4) is 0 Å². The van der Waals surface area contributed by atoms with Crippen LogP contribution in [-0.4, -0.2) is 40.5 Å². The lowest BCUT2D eigenvalue weighted by Gasteiger charge is -2.11. The summed E-state index contributed by atoms with van der Waals surface area (Å²) in [6.45, 7) is 0.178. The van der Waals surface area contributed by atoms with E-state index < -0.39 is 11.5 Å². The summed E-state index contributed by atoms with van der Waals surface area (Å²) in [6, 6.07) is 2.72. The molecule has 0 aliphatic carbocycles. The molecule has 1 rings (SSSR count). The Morgan fingerprint density at radius 1 is 1.41 bits per heavy atom. The molecule has 0 atom stereocenters. The van der Waals surface area contributed by atoms with E-state index in [-0.39, 0.29) is 24.4 Å². The van der Waals surface area contributed by atoms with Crippen LogP contribution in [0.15, 0.2) is 23.1 Å². The number of carbonyl (C=O) groups is 2. The lowest BCUT2D eigenvalue weighted by Crippen LogP contribution is -2.29. The Morgan fingerprint density at radius 2 is 2.06 bits per heavy atom. The average molecular weight is 238 g/mol. The summed E-state index contributed by atoms with van der Waals surface area (Å²) >= 11 is 0. The van der Waals surface area contributed by atoms with E-state index in [1.54, 1.807) is 14.1 Å². The zero-order valence-electron chi connectivity index (χ0n) is 9.71. The molecule has 0 aliphatic heterocycles. The van der Waals surface area contributed by atoms with Crippen LogP contribution < -0.4 is 5.56 Å². The zero-order valence-corrected chi connectivity index (χ0v) is 9.71. The van der Waals surface area contributed by atoms with Crippen LogP contribution in [0.1, 0.15) is 16.8 Å². The Labute approximate surface area is 98.1 Å². The van der Waals surface area contributed by atoms with Crippen molar-refractivity contribution >= 4 is 11.9 Å². The summed E-state index contributed by atoms with van der Waals surface area (Å²) in [5, 5.41) is 8.77. The Balaban J connectivity index is 2.86. The summed E-state index contributed by atoms with van der Waals surface area (Å²) in [5.41, 5.74) is -0.878. The highest BCUT2D eigenvalue weighted by atomic mass is 16.4. The molecule has 92 valence electrons. The van der Waals surface area contributed by atoms with Gasteiger partial charge in [0.2, 0.25) is 5.91 Å². The molecule has 0 bridgehead atoms. The minimum atomic E-state index is -1.26. The highest BCUT2D eigenvalue weighted by Gasteiger charge is 2.11. The quantitative estimate of drug-likeness (QED) is 0.802. The molecule has 17 heavy (non-hydrogen) atoms. The number of carboxylic acids is 1. The van der Waals surface area contributed by atoms with E-state index in [4.69, 9.17) is 5.11 Å². The van der Waals surface area contributed by atoms with Crippen LogP contribution in [0.5, 0.6) is 0 Å². The van der Waals surface area contributed by atoms with Crippen LogP contribution in [0.2, 0.25) is 0 Å². The van der Waals surface area contributed by atoms with Crippen molar-refractivity contribution in [2.24, 2.45) is 0 Å². The molecule has 0 saturated carbocycles. The smallest absolute Gasteiger partial charge is 0.341 e. The number of aryl methyl sites for hydroxylation is 1. The second-order valence-corrected chi connectivity index (χ2v) is 3.76. The van der Waals surface area contributed by atoms with Gasteiger partial charge < -0.3 is 14.6 Å². The molecule has 1 aromatic rings. The predicted molar refractivity (Wildman–Crippen MR) is 61.0 cm³/mol. The highest BCUT2D eigenvalue weighted by Crippen LogP contribution is 1.95. The fourth-order valence-electron chi connectivity index (χ4n) is 1.32. The van der Waals surface area contributed by atoms with Gasteiger partial charge in [-0.15, -0.1) is 0 Å². The number of amides is 1. The van der Waals surface area contributed by atoms with Crippen molar-refractivity contribution in [1.82, 2.24) is 9.47 Å². The lowest BCUT2D eigenvalue weighted by molar-refractivity contribution is -0.128. The maximum atomic E-state index is 11.7. The third-order valence-electron chi connectivity index (χ3n) is 2.32. The third-order valence-corrected chi connectivity index (χ3v) is 2.32. The number of nitrogens with zero attached hydrogens (tertiary/aromatic N) is 2. The van der Waals surface area contributed by atoms with E-state index >= 15 is 0 Å². The molecule has 6 nitrogen and oxygen atoms in total. The summed E-state index contributed by atoms with van der Waals surface area (Å²) in [4.78, 5) is 35.1. The Bertz CT molecular complexity index is 490. The van der Waals surface area contributed by atoms with E-state index in [0.29, 0.717) is 0 Å². The SMILES string of the molecule is CN(C)C(=O)CCn1cccc(C(=O)O)c1=O. The van der Waals surface area contributed by atoms with Crippen molar-refractivity contribution in [3.05, 3.63) is 34.2 Å². The van der Waals surface area contributed by atoms with E-state index in [1.807, 2.05) is 0 Å². The first-order valence-corrected chi connectivity index (χ1v) is 5.06. The minimum Gasteiger partial charge on any atom is -0.477 e. The van der Waals surface area contributed by atoms with E-state index in [1.165, 1.54) is 27.8 Å². The molecule has 0 aliphatic rings. The lowest BCUT2D eigenvalue weighted by atomic mass is 10.2. The Kier molecular flexibility index (Phi) is 4.03. The van der Waals surface area contributed by atoms with Gasteiger partial charge in [0.25, 0.3) is 5.56 Å². The van der Waals surface area contributed by atoms with Crippen LogP contribution in [-0.2, 0) is 11.3 Å². The molecule has 1 N–H and O–H groups in total. The number of carbonyl (C=O) groups excluding carboxylic acids is 1. The molecule has 1 heterocycles. The van der Waals surface area contributed by atoms with Crippen LogP contribution in [0.25, 0.3) is 0 Å². The molecule has 0 radical (unpaired) electrons. The minimum absolute atomic E-state index is 0.113. The van der Waals surface area contributed by atoms with Gasteiger partial charge in [-0.1, -0.05) is 0 Å². The molecular weight excluding hydrogens is 224 g/mol. The number of aromatic nitrogens is 1. The van der Waals surface area contributed by atoms with Crippen molar-refractivity contribution in [3.8, 4) is 0 Å². The topological polar surface area (TPSA) is 79.6 Å². The standard InChI is InChI=1S/C11H14N2O4/c1-12(2)9(14)5-7-13-6-3-4-8(10(13)15)11(16)17/h3-4,6H,5,7H2,1-2H3,(H,16,17). The molecule has 0 aromatic carbocycles. The van der Waals surface area contributed by atoms with Crippen molar-refractivity contribution in [3.63, 3.8) is 0 Å². The monoisotopic (exact) mass is 238 g/mol. The Hall–Kier alpha value is -2.11. The van der Waals surface area contributed by atoms with Crippen molar-refractivity contribution < 1.29 is 14.7 Å². The maximum Gasteiger partial charge on any atom is 0.341 e. The van der Waals surface area contributed by atoms with Gasteiger partial charge in [-0.25, -0.2) is 4.79 Å². The van der Waals surface area contributed by atoms with Crippen LogP contribution in [0, 0.1) is 0 Å². The number of pyridine rings is 1. The number of hydrogen-bond donors (Lipinski definition) is 1. The van der Waals surface area contributed by atoms with Gasteiger partial charge in [-0.2, -0.15) is 0 Å². The second-order valence-electron chi connectivity index (χ2n) is 3.76. The summed E-state index contributed by atoms with van der Waals surface area (Å²) in [5.74, 6) is -1.37. The van der Waals surface area contributed by atoms with Crippen LogP contribution in [0.4, 0.5) is 0 Å². The number of hydrogen-bond acceptors (Lipinski definition) is 3. The first kappa shape index (κ1) is 13.0. The fraction of sp³-hybridized carbons (Fsp3) is 0.364. The first-order chi connectivity index (χ1) is 7.93. The average Bonchev–Trinajstić information content (AvgIpc) is 2.26. The van der Waals surface area contributed by atoms with Crippen molar-refractivity contribution in [2.75, 3.05) is 14.1 Å². The zero-order chi connectivity index (χ0) is 13.0. The largest absolute Gasteiger partial charge is 0.477 e. The molecular formula is C11H14N2O4. The van der Waals surface area contributed by atoms with Gasteiger partial charge >= 0.3 is 5.97 Å². The number of carboxylic acid groups (broad SMARTS) is 1. The number of rotatable bonds is 4. The normalized spacial score (nSPS) is 10.0. The van der Waals surface area contributed by atoms with Crippen LogP contribution >= 0.6 is 0 Å². The molecule has 0 saturated heterocycles. The van der Waals surface area contributed by atoms with E-state index in [9.17, 15) is 14.4 Å². The van der Waals surface area contributed by atoms with E-state index in [2.05, 4.69) is 0 Å². The van der Waals surface area contributed by atoms with E-state index in [0.717, 1.165) is 0 Å². The summed E-state index contributed by atoms with van der Waals surface area (Å²) < 4.78 is 1.23. The molecule has 1 amide bonds. The van der Waals surface area contributed by atoms with Gasteiger partial charge in [-0.3, -0.25) is 9.59 Å². The van der Waals surface area contributed by atoms with Gasteiger partial charge in [0.15, 0.2) is 0 Å². The van der Waals surface area contributed by atoms with Crippen molar-refractivity contribution in [2.45, 2.75) is 13.0 Å². The van der Waals surface area contributed by atoms with Gasteiger partial charge in [0.1, 0.15) is 5.56 Å². The summed E-state index contributed by atoms with van der Waals surface area (Å²) in [7, 11) is 3.25. The van der Waals surface area contributed by atoms with Gasteiger partial charge in [0.05, 0.1) is 0 Å². The maximum absolute atomic E-state index is 11.7. The molecule has 0 spiro atoms. The molecule has 1 aromatic heterocycles. The van der Waals surface area contributed by atoms with Crippen molar-refractivity contribution in [1.29, 1.82) is 0 Å². The molecule has 0 fully saturated rings. The predicted octanol–water partition coefficient (Wildman–Crippen LogP) is 0.0248. The fourth-order valence-corrected chi connectivity index (χ4v) is 1.32. The van der Waals surface area contributed by atoms with Gasteiger partial charge in [0, 0.05) is 33.3 Å². The number of aromatic carboxylic acids is 1. The molecule has 6 heteroatoms. The Morgan fingerprint density at radius 3 is 2.59 bits per heavy atom. The third kappa shape index (κ3) is 3.17. The highest BCUT2D eigenvalue weighted by molar-refractivity contribution is 5.87. The second kappa shape index (κ2) is 5.29. The van der Waals surface area contributed by atoms with Gasteiger partial charge in [-0.05, 0) is 12.1 Å². The molecule has 0 unspecified atom stereocenters. The first-order valence-electron chi connectivity index (χ1n) is 5.06.